The summed E-state index contributed by atoms with van der Waals surface area (Å²) in [4.78, 5) is 4.53. The second-order valence-corrected chi connectivity index (χ2v) is 4.84. The van der Waals surface area contributed by atoms with Gasteiger partial charge in [-0.1, -0.05) is 19.8 Å². The minimum absolute atomic E-state index is 0.0752. The number of hydrogen-bond donors (Lipinski definition) is 2. The normalized spacial score (nSPS) is 12.7. The maximum Gasteiger partial charge on any atom is 0.191 e. The van der Waals surface area contributed by atoms with Gasteiger partial charge in [0.2, 0.25) is 0 Å². The Bertz CT molecular complexity index is 180. The number of unbranched alkanes of at least 4 members (excludes halogenated alkanes) is 2. The van der Waals surface area contributed by atoms with E-state index in [4.69, 9.17) is 0 Å². The van der Waals surface area contributed by atoms with Crippen LogP contribution in [-0.4, -0.2) is 24.6 Å². The highest BCUT2D eigenvalue weighted by Crippen LogP contribution is 1.99. The van der Waals surface area contributed by atoms with Gasteiger partial charge >= 0.3 is 0 Å². The molecule has 0 unspecified atom stereocenters. The van der Waals surface area contributed by atoms with Gasteiger partial charge < -0.3 is 10.6 Å². The molecule has 0 aliphatic rings. The lowest BCUT2D eigenvalue weighted by Crippen LogP contribution is -2.47. The van der Waals surface area contributed by atoms with Crippen molar-refractivity contribution in [1.29, 1.82) is 0 Å². The molecule has 0 atom stereocenters. The Morgan fingerprint density at radius 3 is 2.27 bits per heavy atom. The zero-order valence-corrected chi connectivity index (χ0v) is 11.0. The Labute approximate surface area is 94.7 Å². The van der Waals surface area contributed by atoms with Crippen LogP contribution in [-0.2, 0) is 0 Å². The van der Waals surface area contributed by atoms with E-state index in [1.54, 1.807) is 0 Å². The van der Waals surface area contributed by atoms with Crippen LogP contribution in [0.5, 0.6) is 0 Å². The molecule has 0 amide bonds. The fraction of sp³-hybridized carbons (Fsp3) is 0.917. The molecule has 0 saturated heterocycles. The monoisotopic (exact) mass is 213 g/mol. The van der Waals surface area contributed by atoms with E-state index in [0.29, 0.717) is 0 Å². The molecule has 0 radical (unpaired) electrons. The van der Waals surface area contributed by atoms with Crippen molar-refractivity contribution < 1.29 is 0 Å². The third kappa shape index (κ3) is 9.57. The topological polar surface area (TPSA) is 36.4 Å². The third-order valence-electron chi connectivity index (χ3n) is 1.87. The van der Waals surface area contributed by atoms with Gasteiger partial charge in [-0.2, -0.15) is 0 Å². The van der Waals surface area contributed by atoms with Crippen LogP contribution in [0.2, 0.25) is 0 Å². The molecule has 3 heteroatoms. The highest BCUT2D eigenvalue weighted by atomic mass is 15.2. The SMILES string of the molecule is CCCCCN=C(NCC)NC(C)(C)C. The van der Waals surface area contributed by atoms with Crippen molar-refractivity contribution in [3.8, 4) is 0 Å². The smallest absolute Gasteiger partial charge is 0.191 e. The molecule has 0 fully saturated rings. The van der Waals surface area contributed by atoms with E-state index in [9.17, 15) is 0 Å². The maximum absolute atomic E-state index is 4.53. The molecule has 0 aromatic heterocycles. The lowest BCUT2D eigenvalue weighted by molar-refractivity contribution is 0.501. The van der Waals surface area contributed by atoms with Crippen LogP contribution in [0, 0.1) is 0 Å². The van der Waals surface area contributed by atoms with Crippen LogP contribution in [0.15, 0.2) is 4.99 Å². The first kappa shape index (κ1) is 14.3. The molecule has 0 spiro atoms. The van der Waals surface area contributed by atoms with Gasteiger partial charge in [0.1, 0.15) is 0 Å². The molecule has 0 saturated carbocycles. The average Bonchev–Trinajstić information content (AvgIpc) is 2.10. The molecular formula is C12H27N3. The molecule has 0 heterocycles. The minimum Gasteiger partial charge on any atom is -0.357 e. The van der Waals surface area contributed by atoms with Gasteiger partial charge in [-0.25, -0.2) is 0 Å². The summed E-state index contributed by atoms with van der Waals surface area (Å²) in [5.74, 6) is 0.932. The Balaban J connectivity index is 4.01. The third-order valence-corrected chi connectivity index (χ3v) is 1.87. The fourth-order valence-corrected chi connectivity index (χ4v) is 1.21. The van der Waals surface area contributed by atoms with Gasteiger partial charge in [0.15, 0.2) is 5.96 Å². The van der Waals surface area contributed by atoms with E-state index in [1.807, 2.05) is 0 Å². The quantitative estimate of drug-likeness (QED) is 0.418. The Kier molecular flexibility index (Phi) is 7.18. The summed E-state index contributed by atoms with van der Waals surface area (Å²) in [5, 5.41) is 6.63. The first-order chi connectivity index (χ1) is 6.99. The first-order valence-electron chi connectivity index (χ1n) is 6.06. The van der Waals surface area contributed by atoms with E-state index < -0.39 is 0 Å². The second-order valence-electron chi connectivity index (χ2n) is 4.84. The van der Waals surface area contributed by atoms with Crippen LogP contribution in [0.4, 0.5) is 0 Å². The predicted molar refractivity (Wildman–Crippen MR) is 68.4 cm³/mol. The lowest BCUT2D eigenvalue weighted by atomic mass is 10.1. The number of guanidine groups is 1. The molecule has 0 bridgehead atoms. The molecule has 0 aromatic carbocycles. The van der Waals surface area contributed by atoms with Gasteiger partial charge in [-0.05, 0) is 34.1 Å². The molecule has 15 heavy (non-hydrogen) atoms. The van der Waals surface area contributed by atoms with Crippen LogP contribution >= 0.6 is 0 Å². The summed E-state index contributed by atoms with van der Waals surface area (Å²) in [7, 11) is 0. The second kappa shape index (κ2) is 7.55. The molecule has 0 rings (SSSR count). The van der Waals surface area contributed by atoms with Crippen molar-refractivity contribution in [3.63, 3.8) is 0 Å². The summed E-state index contributed by atoms with van der Waals surface area (Å²) in [5.41, 5.74) is 0.0752. The summed E-state index contributed by atoms with van der Waals surface area (Å²) >= 11 is 0. The first-order valence-corrected chi connectivity index (χ1v) is 6.06. The van der Waals surface area contributed by atoms with Crippen LogP contribution in [0.1, 0.15) is 53.9 Å². The number of rotatable bonds is 5. The minimum atomic E-state index is 0.0752. The molecule has 0 aromatic rings. The number of nitrogens with one attached hydrogen (secondary N) is 2. The van der Waals surface area contributed by atoms with Crippen molar-refractivity contribution in [2.75, 3.05) is 13.1 Å². The summed E-state index contributed by atoms with van der Waals surface area (Å²) in [6, 6.07) is 0. The van der Waals surface area contributed by atoms with Crippen molar-refractivity contribution in [3.05, 3.63) is 0 Å². The predicted octanol–water partition coefficient (Wildman–Crippen LogP) is 2.53. The van der Waals surface area contributed by atoms with E-state index in [0.717, 1.165) is 19.0 Å². The van der Waals surface area contributed by atoms with Crippen molar-refractivity contribution in [2.45, 2.75) is 59.4 Å². The molecule has 0 aliphatic carbocycles. The van der Waals surface area contributed by atoms with Gasteiger partial charge in [0.25, 0.3) is 0 Å². The number of hydrogen-bond acceptors (Lipinski definition) is 1. The van der Waals surface area contributed by atoms with E-state index >= 15 is 0 Å². The largest absolute Gasteiger partial charge is 0.357 e. The molecule has 90 valence electrons. The fourth-order valence-electron chi connectivity index (χ4n) is 1.21. The zero-order valence-electron chi connectivity index (χ0n) is 11.0. The highest BCUT2D eigenvalue weighted by Gasteiger charge is 2.10. The zero-order chi connectivity index (χ0) is 11.7. The highest BCUT2D eigenvalue weighted by molar-refractivity contribution is 5.80. The van der Waals surface area contributed by atoms with Crippen molar-refractivity contribution in [2.24, 2.45) is 4.99 Å². The average molecular weight is 213 g/mol. The van der Waals surface area contributed by atoms with Crippen molar-refractivity contribution >= 4 is 5.96 Å². The van der Waals surface area contributed by atoms with Gasteiger partial charge in [-0.3, -0.25) is 4.99 Å². The number of aliphatic imine (C=N–C) groups is 1. The molecule has 2 N–H and O–H groups in total. The molecule has 3 nitrogen and oxygen atoms in total. The van der Waals surface area contributed by atoms with Crippen LogP contribution < -0.4 is 10.6 Å². The standard InChI is InChI=1S/C12H27N3/c1-6-8-9-10-14-11(13-7-2)15-12(3,4)5/h6-10H2,1-5H3,(H2,13,14,15). The summed E-state index contributed by atoms with van der Waals surface area (Å²) in [6.07, 6.45) is 3.69. The molecular weight excluding hydrogens is 186 g/mol. The van der Waals surface area contributed by atoms with Crippen LogP contribution in [0.25, 0.3) is 0 Å². The molecule has 0 aliphatic heterocycles. The van der Waals surface area contributed by atoms with Crippen molar-refractivity contribution in [1.82, 2.24) is 10.6 Å². The Hall–Kier alpha value is -0.730. The van der Waals surface area contributed by atoms with Crippen LogP contribution in [0.3, 0.4) is 0 Å². The van der Waals surface area contributed by atoms with Gasteiger partial charge in [0, 0.05) is 18.6 Å². The van der Waals surface area contributed by atoms with E-state index in [2.05, 4.69) is 50.2 Å². The Morgan fingerprint density at radius 1 is 1.13 bits per heavy atom. The van der Waals surface area contributed by atoms with E-state index in [-0.39, 0.29) is 5.54 Å². The van der Waals surface area contributed by atoms with Gasteiger partial charge in [-0.15, -0.1) is 0 Å². The lowest BCUT2D eigenvalue weighted by Gasteiger charge is -2.23. The van der Waals surface area contributed by atoms with E-state index in [1.165, 1.54) is 19.3 Å². The Morgan fingerprint density at radius 2 is 1.80 bits per heavy atom. The number of nitrogens with zero attached hydrogens (tertiary/aromatic N) is 1. The van der Waals surface area contributed by atoms with Gasteiger partial charge in [0.05, 0.1) is 0 Å². The maximum atomic E-state index is 4.53. The summed E-state index contributed by atoms with van der Waals surface area (Å²) < 4.78 is 0. The summed E-state index contributed by atoms with van der Waals surface area (Å²) in [6.45, 7) is 12.6.